The molecule has 0 radical (unpaired) electrons. The van der Waals surface area contributed by atoms with Crippen LogP contribution in [0.25, 0.3) is 10.9 Å². The minimum Gasteiger partial charge on any atom is -0.496 e. The van der Waals surface area contributed by atoms with Gasteiger partial charge in [0.25, 0.3) is 5.88 Å². The van der Waals surface area contributed by atoms with E-state index in [-0.39, 0.29) is 18.9 Å². The molecule has 10 heteroatoms. The van der Waals surface area contributed by atoms with Crippen molar-refractivity contribution in [3.8, 4) is 11.6 Å². The number of halogens is 3. The zero-order valence-electron chi connectivity index (χ0n) is 20.1. The lowest BCUT2D eigenvalue weighted by Gasteiger charge is -2.54. The lowest BCUT2D eigenvalue weighted by Crippen LogP contribution is -2.53. The molecule has 0 bridgehead atoms. The fraction of sp³-hybridized carbons (Fsp3) is 0.462. The van der Waals surface area contributed by atoms with Crippen molar-refractivity contribution in [3.63, 3.8) is 0 Å². The number of carboxylic acid groups (broad SMARTS) is 1. The molecule has 36 heavy (non-hydrogen) atoms. The predicted molar refractivity (Wildman–Crippen MR) is 126 cm³/mol. The third kappa shape index (κ3) is 4.50. The molecule has 1 aliphatic heterocycles. The monoisotopic (exact) mass is 503 g/mol. The number of hydrogen-bond acceptors (Lipinski definition) is 5. The Labute approximate surface area is 206 Å². The molecule has 1 atom stereocenters. The van der Waals surface area contributed by atoms with Crippen LogP contribution >= 0.6 is 0 Å². The number of ether oxygens (including phenoxy) is 2. The molecule has 3 aromatic rings. The highest BCUT2D eigenvalue weighted by atomic mass is 19.3. The first-order valence-electron chi connectivity index (χ1n) is 11.9. The third-order valence-corrected chi connectivity index (χ3v) is 7.50. The SMILES string of the molecule is COc1cc(C)c2[nH]ccc2c1CN1CCC2(C[C@@H]1c1cnc(OCC(=O)O)c(F)c1)CC(F)(F)C2. The summed E-state index contributed by atoms with van der Waals surface area (Å²) in [5, 5.41) is 9.81. The Balaban J connectivity index is 1.49. The van der Waals surface area contributed by atoms with Gasteiger partial charge in [-0.1, -0.05) is 0 Å². The summed E-state index contributed by atoms with van der Waals surface area (Å²) in [5.74, 6) is -4.36. The van der Waals surface area contributed by atoms with Crippen LogP contribution in [0.4, 0.5) is 13.2 Å². The molecular formula is C26H28F3N3O4. The second-order valence-corrected chi connectivity index (χ2v) is 10.0. The number of benzene rings is 1. The van der Waals surface area contributed by atoms with Crippen molar-refractivity contribution in [3.05, 3.63) is 53.1 Å². The Morgan fingerprint density at radius 1 is 1.33 bits per heavy atom. The summed E-state index contributed by atoms with van der Waals surface area (Å²) in [6, 6.07) is 4.88. The molecule has 0 amide bonds. The van der Waals surface area contributed by atoms with Crippen molar-refractivity contribution < 1.29 is 32.5 Å². The lowest BCUT2D eigenvalue weighted by molar-refractivity contribution is -0.186. The number of aromatic nitrogens is 2. The fourth-order valence-electron chi connectivity index (χ4n) is 5.91. The number of likely N-dealkylation sites (tertiary alicyclic amines) is 1. The Morgan fingerprint density at radius 3 is 2.78 bits per heavy atom. The molecule has 192 valence electrons. The molecule has 1 spiro atoms. The number of aromatic amines is 1. The van der Waals surface area contributed by atoms with E-state index in [0.29, 0.717) is 31.5 Å². The molecule has 7 nitrogen and oxygen atoms in total. The highest BCUT2D eigenvalue weighted by Crippen LogP contribution is 2.60. The molecular weight excluding hydrogens is 475 g/mol. The number of carboxylic acids is 1. The lowest BCUT2D eigenvalue weighted by atomic mass is 9.59. The molecule has 2 N–H and O–H groups in total. The van der Waals surface area contributed by atoms with Crippen LogP contribution in [0.15, 0.2) is 30.6 Å². The first-order chi connectivity index (χ1) is 17.1. The number of alkyl halides is 2. The molecule has 1 aliphatic carbocycles. The smallest absolute Gasteiger partial charge is 0.341 e. The van der Waals surface area contributed by atoms with Gasteiger partial charge in [0, 0.05) is 54.3 Å². The van der Waals surface area contributed by atoms with E-state index in [1.54, 1.807) is 7.11 Å². The van der Waals surface area contributed by atoms with Crippen LogP contribution in [0.1, 0.15) is 48.4 Å². The van der Waals surface area contributed by atoms with Gasteiger partial charge >= 0.3 is 5.97 Å². The van der Waals surface area contributed by atoms with Gasteiger partial charge in [0.15, 0.2) is 12.4 Å². The number of hydrogen-bond donors (Lipinski definition) is 2. The van der Waals surface area contributed by atoms with Crippen molar-refractivity contribution in [2.45, 2.75) is 51.1 Å². The van der Waals surface area contributed by atoms with Crippen LogP contribution in [0.3, 0.4) is 0 Å². The van der Waals surface area contributed by atoms with Gasteiger partial charge in [-0.3, -0.25) is 4.90 Å². The number of methoxy groups -OCH3 is 1. The Bertz CT molecular complexity index is 1300. The second kappa shape index (κ2) is 8.99. The molecule has 2 aliphatic rings. The first kappa shape index (κ1) is 24.4. The molecule has 5 rings (SSSR count). The Morgan fingerprint density at radius 2 is 2.11 bits per heavy atom. The van der Waals surface area contributed by atoms with Gasteiger partial charge < -0.3 is 19.6 Å². The van der Waals surface area contributed by atoms with E-state index in [0.717, 1.165) is 27.8 Å². The minimum atomic E-state index is -2.66. The Hall–Kier alpha value is -3.27. The highest BCUT2D eigenvalue weighted by Gasteiger charge is 2.58. The van der Waals surface area contributed by atoms with E-state index in [1.165, 1.54) is 12.3 Å². The summed E-state index contributed by atoms with van der Waals surface area (Å²) in [6.45, 7) is 2.32. The fourth-order valence-corrected chi connectivity index (χ4v) is 5.91. The van der Waals surface area contributed by atoms with Crippen LogP contribution < -0.4 is 9.47 Å². The van der Waals surface area contributed by atoms with E-state index >= 15 is 0 Å². The van der Waals surface area contributed by atoms with Crippen molar-refractivity contribution in [2.75, 3.05) is 20.3 Å². The van der Waals surface area contributed by atoms with E-state index in [2.05, 4.69) is 14.9 Å². The number of carbonyl (C=O) groups is 1. The molecule has 3 heterocycles. The number of pyridine rings is 1. The maximum atomic E-state index is 14.8. The third-order valence-electron chi connectivity index (χ3n) is 7.50. The quantitative estimate of drug-likeness (QED) is 0.459. The summed E-state index contributed by atoms with van der Waals surface area (Å²) >= 11 is 0. The zero-order chi connectivity index (χ0) is 25.7. The number of fused-ring (bicyclic) bond motifs is 1. The molecule has 1 saturated carbocycles. The number of piperidine rings is 1. The van der Waals surface area contributed by atoms with Crippen LogP contribution in [-0.4, -0.2) is 52.1 Å². The highest BCUT2D eigenvalue weighted by molar-refractivity contribution is 5.88. The minimum absolute atomic E-state index is 0.171. The van der Waals surface area contributed by atoms with Crippen molar-refractivity contribution in [2.24, 2.45) is 5.41 Å². The first-order valence-corrected chi connectivity index (χ1v) is 11.9. The normalized spacial score (nSPS) is 20.9. The van der Waals surface area contributed by atoms with Crippen LogP contribution in [-0.2, 0) is 11.3 Å². The molecule has 2 fully saturated rings. The predicted octanol–water partition coefficient (Wildman–Crippen LogP) is 5.24. The number of aliphatic carboxylic acids is 1. The molecule has 0 unspecified atom stereocenters. The average Bonchev–Trinajstić information content (AvgIpc) is 3.30. The summed E-state index contributed by atoms with van der Waals surface area (Å²) < 4.78 is 53.3. The van der Waals surface area contributed by atoms with Gasteiger partial charge in [0.1, 0.15) is 5.75 Å². The van der Waals surface area contributed by atoms with E-state index < -0.39 is 35.6 Å². The number of nitrogens with zero attached hydrogens (tertiary/aromatic N) is 2. The van der Waals surface area contributed by atoms with Gasteiger partial charge in [-0.25, -0.2) is 22.9 Å². The maximum absolute atomic E-state index is 14.8. The van der Waals surface area contributed by atoms with Gasteiger partial charge in [-0.2, -0.15) is 0 Å². The summed E-state index contributed by atoms with van der Waals surface area (Å²) in [6.07, 6.45) is 4.05. The van der Waals surface area contributed by atoms with Gasteiger partial charge in [0.2, 0.25) is 5.92 Å². The largest absolute Gasteiger partial charge is 0.496 e. The van der Waals surface area contributed by atoms with Crippen LogP contribution in [0.2, 0.25) is 0 Å². The van der Waals surface area contributed by atoms with Gasteiger partial charge in [-0.15, -0.1) is 0 Å². The number of aryl methyl sites for hydroxylation is 1. The summed E-state index contributed by atoms with van der Waals surface area (Å²) in [5.41, 5.74) is 3.06. The number of H-pyrrole nitrogens is 1. The molecule has 1 aromatic carbocycles. The topological polar surface area (TPSA) is 87.7 Å². The van der Waals surface area contributed by atoms with E-state index in [4.69, 9.17) is 14.6 Å². The summed E-state index contributed by atoms with van der Waals surface area (Å²) in [7, 11) is 1.62. The molecule has 2 aromatic heterocycles. The number of nitrogens with one attached hydrogen (secondary N) is 1. The zero-order valence-corrected chi connectivity index (χ0v) is 20.1. The molecule has 1 saturated heterocycles. The standard InChI is InChI=1S/C26H28F3N3O4/c1-15-7-21(35-2)18(17-3-5-30-23(15)17)11-32-6-4-25(13-26(28,29)14-25)9-20(32)16-8-19(27)24(31-10-16)36-12-22(33)34/h3,5,7-8,10,20,30H,4,6,9,11-14H2,1-2H3,(H,33,34)/t20-/m1/s1. The summed E-state index contributed by atoms with van der Waals surface area (Å²) in [4.78, 5) is 20.2. The van der Waals surface area contributed by atoms with Gasteiger partial charge in [-0.05, 0) is 61.1 Å². The van der Waals surface area contributed by atoms with Gasteiger partial charge in [0.05, 0.1) is 7.11 Å². The van der Waals surface area contributed by atoms with Crippen molar-refractivity contribution in [1.29, 1.82) is 0 Å². The van der Waals surface area contributed by atoms with Crippen LogP contribution in [0.5, 0.6) is 11.6 Å². The second-order valence-electron chi connectivity index (χ2n) is 10.0. The maximum Gasteiger partial charge on any atom is 0.341 e. The number of rotatable bonds is 7. The van der Waals surface area contributed by atoms with Crippen molar-refractivity contribution in [1.82, 2.24) is 14.9 Å². The van der Waals surface area contributed by atoms with E-state index in [1.807, 2.05) is 25.3 Å². The van der Waals surface area contributed by atoms with Crippen LogP contribution in [0, 0.1) is 18.2 Å². The average molecular weight is 504 g/mol. The Kier molecular flexibility index (Phi) is 6.10. The van der Waals surface area contributed by atoms with E-state index in [9.17, 15) is 18.0 Å². The van der Waals surface area contributed by atoms with Crippen molar-refractivity contribution >= 4 is 16.9 Å².